The van der Waals surface area contributed by atoms with Gasteiger partial charge in [-0.25, -0.2) is 0 Å². The van der Waals surface area contributed by atoms with Gasteiger partial charge in [0.25, 0.3) is 0 Å². The first-order chi connectivity index (χ1) is 6.64. The first-order valence-electron chi connectivity index (χ1n) is 4.92. The average molecular weight is 214 g/mol. The van der Waals surface area contributed by atoms with E-state index in [9.17, 15) is 0 Å². The van der Waals surface area contributed by atoms with E-state index in [0.717, 1.165) is 0 Å². The molecular formula is C9H22N6. The first kappa shape index (κ1) is 13.9. The molecule has 0 saturated carbocycles. The molecule has 6 nitrogen and oxygen atoms in total. The molecule has 6 heteroatoms. The van der Waals surface area contributed by atoms with Crippen LogP contribution in [0.1, 0.15) is 41.5 Å². The van der Waals surface area contributed by atoms with Gasteiger partial charge in [0.1, 0.15) is 0 Å². The number of hydrogen-bond donors (Lipinski definition) is 4. The number of nitrogens with one attached hydrogen (secondary N) is 4. The van der Waals surface area contributed by atoms with Gasteiger partial charge in [0.05, 0.1) is 0 Å². The molecule has 0 radical (unpaired) electrons. The zero-order valence-electron chi connectivity index (χ0n) is 10.4. The topological polar surface area (TPSA) is 84.5 Å². The molecule has 0 aromatic heterocycles. The van der Waals surface area contributed by atoms with E-state index in [4.69, 9.17) is 5.53 Å². The molecular weight excluding hydrogens is 192 g/mol. The molecule has 0 spiro atoms. The van der Waals surface area contributed by atoms with Crippen molar-refractivity contribution in [2.24, 2.45) is 0 Å². The summed E-state index contributed by atoms with van der Waals surface area (Å²) in [6, 6.07) is 0. The van der Waals surface area contributed by atoms with Gasteiger partial charge in [-0.1, -0.05) is 0 Å². The van der Waals surface area contributed by atoms with Crippen LogP contribution in [-0.2, 0) is 0 Å². The van der Waals surface area contributed by atoms with Crippen LogP contribution >= 0.6 is 0 Å². The Bertz CT molecular complexity index is 220. The van der Waals surface area contributed by atoms with Gasteiger partial charge in [0.15, 0.2) is 0 Å². The van der Waals surface area contributed by atoms with Crippen LogP contribution in [0.5, 0.6) is 0 Å². The van der Waals surface area contributed by atoms with Crippen molar-refractivity contribution in [3.05, 3.63) is 5.53 Å². The van der Waals surface area contributed by atoms with Crippen LogP contribution < -0.4 is 21.7 Å². The predicted molar refractivity (Wildman–Crippen MR) is 60.7 cm³/mol. The molecule has 0 aliphatic heterocycles. The maximum Gasteiger partial charge on any atom is 0.457 e. The Balaban J connectivity index is 4.03. The number of hydrogen-bond acceptors (Lipinski definition) is 2. The Morgan fingerprint density at radius 1 is 0.867 bits per heavy atom. The van der Waals surface area contributed by atoms with E-state index in [-0.39, 0.29) is 17.0 Å². The van der Waals surface area contributed by atoms with Gasteiger partial charge < -0.3 is 10.3 Å². The highest BCUT2D eigenvalue weighted by molar-refractivity contribution is 5.72. The minimum absolute atomic E-state index is 0.112. The summed E-state index contributed by atoms with van der Waals surface area (Å²) in [6.07, 6.45) is 0. The third-order valence-corrected chi connectivity index (χ3v) is 1.21. The molecule has 0 aromatic carbocycles. The van der Waals surface area contributed by atoms with Crippen molar-refractivity contribution in [1.82, 2.24) is 21.7 Å². The third-order valence-electron chi connectivity index (χ3n) is 1.21. The van der Waals surface area contributed by atoms with Crippen molar-refractivity contribution in [3.8, 4) is 0 Å². The maximum atomic E-state index is 8.70. The average Bonchev–Trinajstić information content (AvgIpc) is 2.00. The lowest BCUT2D eigenvalue weighted by Crippen LogP contribution is -2.59. The van der Waals surface area contributed by atoms with Gasteiger partial charge in [0.2, 0.25) is 0 Å². The van der Waals surface area contributed by atoms with Crippen LogP contribution in [0, 0.1) is 0 Å². The Morgan fingerprint density at radius 2 is 1.20 bits per heavy atom. The van der Waals surface area contributed by atoms with E-state index in [2.05, 4.69) is 26.5 Å². The Labute approximate surface area is 91.4 Å². The molecule has 0 bridgehead atoms. The Kier molecular flexibility index (Phi) is 4.74. The van der Waals surface area contributed by atoms with E-state index >= 15 is 0 Å². The summed E-state index contributed by atoms with van der Waals surface area (Å²) in [6.45, 7) is 12.0. The second kappa shape index (κ2) is 5.11. The van der Waals surface area contributed by atoms with Crippen molar-refractivity contribution in [1.29, 1.82) is 0 Å². The zero-order valence-corrected chi connectivity index (χ0v) is 10.4. The molecule has 88 valence electrons. The fraction of sp³-hybridized carbons (Fsp3) is 0.889. The monoisotopic (exact) mass is 214 g/mol. The van der Waals surface area contributed by atoms with Crippen molar-refractivity contribution in [3.63, 3.8) is 0 Å². The normalized spacial score (nSPS) is 11.9. The minimum Gasteiger partial charge on any atom is -0.542 e. The molecule has 4 N–H and O–H groups in total. The fourth-order valence-corrected chi connectivity index (χ4v) is 0.575. The van der Waals surface area contributed by atoms with E-state index in [1.165, 1.54) is 0 Å². The molecule has 0 aliphatic carbocycles. The molecule has 0 fully saturated rings. The summed E-state index contributed by atoms with van der Waals surface area (Å²) in [5.74, 6) is 0.222. The van der Waals surface area contributed by atoms with Gasteiger partial charge in [-0.15, -0.1) is 0 Å². The highest BCUT2D eigenvalue weighted by Crippen LogP contribution is 1.96. The van der Waals surface area contributed by atoms with Gasteiger partial charge in [-0.05, 0) is 41.5 Å². The minimum atomic E-state index is -0.112. The van der Waals surface area contributed by atoms with Gasteiger partial charge in [0, 0.05) is 11.1 Å². The van der Waals surface area contributed by atoms with Crippen molar-refractivity contribution in [2.75, 3.05) is 0 Å². The van der Waals surface area contributed by atoms with Crippen molar-refractivity contribution < 1.29 is 4.79 Å². The lowest BCUT2D eigenvalue weighted by atomic mass is 10.1. The Morgan fingerprint density at radius 3 is 1.40 bits per heavy atom. The van der Waals surface area contributed by atoms with Crippen LogP contribution in [0.4, 0.5) is 0 Å². The van der Waals surface area contributed by atoms with E-state index in [1.54, 1.807) is 0 Å². The summed E-state index contributed by atoms with van der Waals surface area (Å²) in [4.78, 5) is 3.06. The van der Waals surface area contributed by atoms with E-state index in [0.29, 0.717) is 0 Å². The SMILES string of the molecule is CC(C)(C)NNC(=[N+]=[N-])NNC(C)(C)C. The standard InChI is InChI=1S/C9H22N6/c1-8(2,3)14-12-7(11-10)13-15-9(4,5)6/h12-15H,1-6H3. The molecule has 0 unspecified atom stereocenters. The third kappa shape index (κ3) is 9.21. The van der Waals surface area contributed by atoms with Crippen LogP contribution in [0.2, 0.25) is 0 Å². The molecule has 0 atom stereocenters. The molecule has 0 saturated heterocycles. The molecule has 0 amide bonds. The molecule has 0 heterocycles. The summed E-state index contributed by atoms with van der Waals surface area (Å²) >= 11 is 0. The predicted octanol–water partition coefficient (Wildman–Crippen LogP) is 0.358. The summed E-state index contributed by atoms with van der Waals surface area (Å²) in [7, 11) is 0. The van der Waals surface area contributed by atoms with E-state index in [1.807, 2.05) is 41.5 Å². The zero-order chi connectivity index (χ0) is 12.1. The van der Waals surface area contributed by atoms with Crippen LogP contribution in [-0.4, -0.2) is 21.8 Å². The summed E-state index contributed by atoms with van der Waals surface area (Å²) in [5.41, 5.74) is 19.9. The number of nitrogens with zero attached hydrogens (tertiary/aromatic N) is 2. The molecule has 0 aromatic rings. The van der Waals surface area contributed by atoms with Crippen LogP contribution in [0.15, 0.2) is 0 Å². The number of hydrazine groups is 2. The molecule has 15 heavy (non-hydrogen) atoms. The van der Waals surface area contributed by atoms with Gasteiger partial charge in [-0.3, -0.25) is 0 Å². The maximum absolute atomic E-state index is 8.70. The van der Waals surface area contributed by atoms with Gasteiger partial charge >= 0.3 is 5.96 Å². The lowest BCUT2D eigenvalue weighted by molar-refractivity contribution is -0.0210. The fourth-order valence-electron chi connectivity index (χ4n) is 0.575. The largest absolute Gasteiger partial charge is 0.542 e. The quantitative estimate of drug-likeness (QED) is 0.176. The van der Waals surface area contributed by atoms with E-state index < -0.39 is 0 Å². The second-order valence-electron chi connectivity index (χ2n) is 5.45. The lowest BCUT2D eigenvalue weighted by Gasteiger charge is -2.20. The number of rotatable bonds is 2. The van der Waals surface area contributed by atoms with Crippen molar-refractivity contribution >= 4 is 5.96 Å². The summed E-state index contributed by atoms with van der Waals surface area (Å²) in [5, 5.41) is 0. The van der Waals surface area contributed by atoms with Crippen LogP contribution in [0.3, 0.4) is 0 Å². The first-order valence-corrected chi connectivity index (χ1v) is 4.92. The van der Waals surface area contributed by atoms with Gasteiger partial charge in [-0.2, -0.15) is 21.7 Å². The van der Waals surface area contributed by atoms with Crippen LogP contribution in [0.25, 0.3) is 5.53 Å². The smallest absolute Gasteiger partial charge is 0.457 e. The summed E-state index contributed by atoms with van der Waals surface area (Å²) < 4.78 is 0. The Hall–Kier alpha value is -1.10. The van der Waals surface area contributed by atoms with Crippen molar-refractivity contribution in [2.45, 2.75) is 52.6 Å². The molecule has 0 rings (SSSR count). The highest BCUT2D eigenvalue weighted by atomic mass is 15.5. The molecule has 0 aliphatic rings. The number of guanidine groups is 1. The second-order valence-corrected chi connectivity index (χ2v) is 5.45. The highest BCUT2D eigenvalue weighted by Gasteiger charge is 2.17.